The average molecular weight is 353 g/mol. The van der Waals surface area contributed by atoms with Crippen molar-refractivity contribution in [2.24, 2.45) is 7.05 Å². The van der Waals surface area contributed by atoms with Crippen molar-refractivity contribution < 1.29 is 9.59 Å². The fourth-order valence-electron chi connectivity index (χ4n) is 3.55. The highest BCUT2D eigenvalue weighted by Gasteiger charge is 2.34. The highest BCUT2D eigenvalue weighted by atomic mass is 16.2. The Morgan fingerprint density at radius 2 is 2.12 bits per heavy atom. The van der Waals surface area contributed by atoms with Crippen LogP contribution in [0.25, 0.3) is 0 Å². The monoisotopic (exact) mass is 353 g/mol. The Morgan fingerprint density at radius 3 is 2.77 bits per heavy atom. The summed E-state index contributed by atoms with van der Waals surface area (Å²) in [5.41, 5.74) is 2.42. The van der Waals surface area contributed by atoms with E-state index in [1.165, 1.54) is 12.8 Å². The number of piperidine rings is 1. The van der Waals surface area contributed by atoms with Crippen LogP contribution in [0.5, 0.6) is 0 Å². The van der Waals surface area contributed by atoms with Crippen LogP contribution in [0.15, 0.2) is 24.5 Å². The number of aryl methyl sites for hydroxylation is 2. The highest BCUT2D eigenvalue weighted by molar-refractivity contribution is 5.95. The molecule has 2 aromatic rings. The van der Waals surface area contributed by atoms with Crippen LogP contribution in [0.3, 0.4) is 0 Å². The van der Waals surface area contributed by atoms with E-state index >= 15 is 0 Å². The predicted octanol–water partition coefficient (Wildman–Crippen LogP) is 1.75. The molecule has 0 spiro atoms. The molecular weight excluding hydrogens is 330 g/mol. The molecule has 7 heteroatoms. The van der Waals surface area contributed by atoms with E-state index in [-0.39, 0.29) is 23.9 Å². The number of aromatic nitrogens is 3. The molecule has 4 rings (SSSR count). The summed E-state index contributed by atoms with van der Waals surface area (Å²) in [7, 11) is 1.88. The molecule has 1 aliphatic carbocycles. The summed E-state index contributed by atoms with van der Waals surface area (Å²) >= 11 is 0. The lowest BCUT2D eigenvalue weighted by atomic mass is 9.96. The molecule has 2 atom stereocenters. The molecule has 1 aliphatic heterocycles. The summed E-state index contributed by atoms with van der Waals surface area (Å²) in [5.74, 6) is 1.13. The van der Waals surface area contributed by atoms with Gasteiger partial charge in [0.25, 0.3) is 5.91 Å². The van der Waals surface area contributed by atoms with E-state index in [1.807, 2.05) is 36.9 Å². The largest absolute Gasteiger partial charge is 0.347 e. The van der Waals surface area contributed by atoms with Crippen LogP contribution in [0, 0.1) is 6.92 Å². The molecule has 136 valence electrons. The number of hydrogen-bond acceptors (Lipinski definition) is 4. The van der Waals surface area contributed by atoms with Crippen molar-refractivity contribution in [3.05, 3.63) is 47.3 Å². The number of carbonyl (C=O) groups is 2. The van der Waals surface area contributed by atoms with Crippen molar-refractivity contribution in [3.8, 4) is 0 Å². The minimum absolute atomic E-state index is 0.0184. The summed E-state index contributed by atoms with van der Waals surface area (Å²) in [5, 5.41) is 6.04. The number of pyridine rings is 1. The third kappa shape index (κ3) is 3.21. The molecule has 1 saturated carbocycles. The van der Waals surface area contributed by atoms with Gasteiger partial charge >= 0.3 is 0 Å². The maximum atomic E-state index is 12.8. The van der Waals surface area contributed by atoms with Crippen LogP contribution in [-0.4, -0.2) is 32.4 Å². The zero-order chi connectivity index (χ0) is 18.3. The van der Waals surface area contributed by atoms with Gasteiger partial charge in [-0.3, -0.25) is 14.6 Å². The van der Waals surface area contributed by atoms with Gasteiger partial charge in [-0.15, -0.1) is 0 Å². The third-order valence-electron chi connectivity index (χ3n) is 5.20. The Labute approximate surface area is 152 Å². The minimum atomic E-state index is -0.334. The standard InChI is InChI=1S/C19H23N5O2/c1-11-13(5-6-14(21-11)12-3-4-12)19(26)22-15-7-8-16(25)23-17(15)18-20-9-10-24(18)2/h5-6,9-10,12,15,17H,3-4,7-8H2,1-2H3,(H,22,26)(H,23,25)/t15-,17-/m1/s1. The smallest absolute Gasteiger partial charge is 0.253 e. The quantitative estimate of drug-likeness (QED) is 0.876. The van der Waals surface area contributed by atoms with Gasteiger partial charge in [-0.25, -0.2) is 4.98 Å². The van der Waals surface area contributed by atoms with Crippen molar-refractivity contribution >= 4 is 11.8 Å². The molecule has 0 aromatic carbocycles. The van der Waals surface area contributed by atoms with Gasteiger partial charge in [-0.2, -0.15) is 0 Å². The number of carbonyl (C=O) groups excluding carboxylic acids is 2. The Kier molecular flexibility index (Phi) is 4.22. The Balaban J connectivity index is 1.53. The molecule has 0 bridgehead atoms. The first-order valence-electron chi connectivity index (χ1n) is 9.08. The van der Waals surface area contributed by atoms with Gasteiger partial charge in [0.1, 0.15) is 11.9 Å². The number of rotatable bonds is 4. The van der Waals surface area contributed by atoms with Crippen molar-refractivity contribution in [1.82, 2.24) is 25.2 Å². The lowest BCUT2D eigenvalue weighted by Crippen LogP contribution is -2.51. The van der Waals surface area contributed by atoms with Gasteiger partial charge in [0.05, 0.1) is 17.3 Å². The molecular formula is C19H23N5O2. The van der Waals surface area contributed by atoms with Crippen LogP contribution in [0.4, 0.5) is 0 Å². The number of nitrogens with one attached hydrogen (secondary N) is 2. The summed E-state index contributed by atoms with van der Waals surface area (Å²) in [6, 6.07) is 3.28. The van der Waals surface area contributed by atoms with E-state index < -0.39 is 0 Å². The normalized spacial score (nSPS) is 22.8. The Morgan fingerprint density at radius 1 is 1.31 bits per heavy atom. The maximum absolute atomic E-state index is 12.8. The van der Waals surface area contributed by atoms with Crippen LogP contribution in [-0.2, 0) is 11.8 Å². The SMILES string of the molecule is Cc1nc(C2CC2)ccc1C(=O)N[C@@H]1CCC(=O)N[C@H]1c1nccn1C. The second-order valence-corrected chi connectivity index (χ2v) is 7.20. The second-order valence-electron chi connectivity index (χ2n) is 7.20. The van der Waals surface area contributed by atoms with Crippen LogP contribution >= 0.6 is 0 Å². The van der Waals surface area contributed by atoms with Crippen molar-refractivity contribution in [2.75, 3.05) is 0 Å². The number of amides is 2. The van der Waals surface area contributed by atoms with Gasteiger partial charge in [0.15, 0.2) is 0 Å². The number of nitrogens with zero attached hydrogens (tertiary/aromatic N) is 3. The Hall–Kier alpha value is -2.70. The van der Waals surface area contributed by atoms with Gasteiger partial charge in [-0.1, -0.05) is 0 Å². The van der Waals surface area contributed by atoms with E-state index in [2.05, 4.69) is 20.6 Å². The Bertz CT molecular complexity index is 855. The van der Waals surface area contributed by atoms with E-state index in [9.17, 15) is 9.59 Å². The minimum Gasteiger partial charge on any atom is -0.347 e. The molecule has 2 aromatic heterocycles. The summed E-state index contributed by atoms with van der Waals surface area (Å²) in [6.45, 7) is 1.87. The van der Waals surface area contributed by atoms with Crippen LogP contribution in [0.1, 0.15) is 65.2 Å². The van der Waals surface area contributed by atoms with Crippen molar-refractivity contribution in [3.63, 3.8) is 0 Å². The van der Waals surface area contributed by atoms with Gasteiger partial charge in [0, 0.05) is 37.5 Å². The van der Waals surface area contributed by atoms with E-state index in [0.29, 0.717) is 24.3 Å². The summed E-state index contributed by atoms with van der Waals surface area (Å²) in [4.78, 5) is 33.6. The molecule has 1 saturated heterocycles. The first-order valence-corrected chi connectivity index (χ1v) is 9.08. The molecule has 2 aliphatic rings. The summed E-state index contributed by atoms with van der Waals surface area (Å²) in [6.07, 6.45) is 6.88. The molecule has 2 fully saturated rings. The maximum Gasteiger partial charge on any atom is 0.253 e. The average Bonchev–Trinajstić information content (AvgIpc) is 3.38. The molecule has 26 heavy (non-hydrogen) atoms. The fourth-order valence-corrected chi connectivity index (χ4v) is 3.55. The first kappa shape index (κ1) is 16.8. The fraction of sp³-hybridized carbons (Fsp3) is 0.474. The van der Waals surface area contributed by atoms with E-state index in [1.54, 1.807) is 6.20 Å². The zero-order valence-electron chi connectivity index (χ0n) is 15.0. The molecule has 3 heterocycles. The number of hydrogen-bond donors (Lipinski definition) is 2. The highest BCUT2D eigenvalue weighted by Crippen LogP contribution is 2.39. The molecule has 2 N–H and O–H groups in total. The first-order chi connectivity index (χ1) is 12.5. The van der Waals surface area contributed by atoms with E-state index in [0.717, 1.165) is 17.2 Å². The lowest BCUT2D eigenvalue weighted by Gasteiger charge is -2.32. The van der Waals surface area contributed by atoms with Gasteiger partial charge < -0.3 is 15.2 Å². The second kappa shape index (κ2) is 6.55. The molecule has 0 radical (unpaired) electrons. The third-order valence-corrected chi connectivity index (χ3v) is 5.20. The summed E-state index contributed by atoms with van der Waals surface area (Å²) < 4.78 is 1.87. The van der Waals surface area contributed by atoms with E-state index in [4.69, 9.17) is 0 Å². The molecule has 7 nitrogen and oxygen atoms in total. The van der Waals surface area contributed by atoms with Crippen molar-refractivity contribution in [1.29, 1.82) is 0 Å². The van der Waals surface area contributed by atoms with Gasteiger partial charge in [-0.05, 0) is 38.3 Å². The number of imidazole rings is 1. The van der Waals surface area contributed by atoms with Crippen LogP contribution in [0.2, 0.25) is 0 Å². The molecule has 0 unspecified atom stereocenters. The van der Waals surface area contributed by atoms with Gasteiger partial charge in [0.2, 0.25) is 5.91 Å². The van der Waals surface area contributed by atoms with Crippen molar-refractivity contribution in [2.45, 2.75) is 50.6 Å². The molecule has 2 amide bonds. The zero-order valence-corrected chi connectivity index (χ0v) is 15.0. The van der Waals surface area contributed by atoms with Crippen LogP contribution < -0.4 is 10.6 Å². The lowest BCUT2D eigenvalue weighted by molar-refractivity contribution is -0.124. The predicted molar refractivity (Wildman–Crippen MR) is 95.5 cm³/mol. The topological polar surface area (TPSA) is 88.9 Å².